The predicted octanol–water partition coefficient (Wildman–Crippen LogP) is -1.93. The topological polar surface area (TPSA) is 119 Å². The van der Waals surface area contributed by atoms with Crippen LogP contribution in [0.4, 0.5) is 0 Å². The van der Waals surface area contributed by atoms with Gasteiger partial charge in [0.25, 0.3) is 0 Å². The number of rotatable bonds is 5. The van der Waals surface area contributed by atoms with E-state index in [1.807, 2.05) is 0 Å². The molecule has 14 heavy (non-hydrogen) atoms. The van der Waals surface area contributed by atoms with Gasteiger partial charge in [-0.05, 0) is 6.08 Å². The molecule has 6 nitrogen and oxygen atoms in total. The van der Waals surface area contributed by atoms with E-state index in [0.29, 0.717) is 0 Å². The minimum atomic E-state index is -1.23. The van der Waals surface area contributed by atoms with E-state index in [9.17, 15) is 9.90 Å². The zero-order valence-corrected chi connectivity index (χ0v) is 8.01. The summed E-state index contributed by atoms with van der Waals surface area (Å²) in [5.74, 6) is -0.587. The molecule has 6 N–H and O–H groups in total. The lowest BCUT2D eigenvalue weighted by atomic mass is 10.1. The van der Waals surface area contributed by atoms with Gasteiger partial charge in [-0.3, -0.25) is 4.79 Å². The molecule has 0 aliphatic heterocycles. The van der Waals surface area contributed by atoms with Crippen LogP contribution in [0, 0.1) is 0 Å². The number of ether oxygens (including phenoxy) is 1. The lowest BCUT2D eigenvalue weighted by Gasteiger charge is -2.21. The molecule has 0 saturated carbocycles. The number of carbonyl (C=O) groups excluding carboxylic acids is 1. The minimum Gasteiger partial charge on any atom is -0.453 e. The summed E-state index contributed by atoms with van der Waals surface area (Å²) in [7, 11) is 0. The normalized spacial score (nSPS) is 16.1. The maximum absolute atomic E-state index is 10.7. The van der Waals surface area contributed by atoms with Crippen LogP contribution in [0.3, 0.4) is 0 Å². The molecule has 82 valence electrons. The summed E-state index contributed by atoms with van der Waals surface area (Å²) in [4.78, 5) is 10.7. The van der Waals surface area contributed by atoms with Crippen LogP contribution in [0.2, 0.25) is 0 Å². The highest BCUT2D eigenvalue weighted by Gasteiger charge is 2.23. The van der Waals surface area contributed by atoms with Gasteiger partial charge in [-0.15, -0.1) is 0 Å². The molecule has 0 aromatic carbocycles. The summed E-state index contributed by atoms with van der Waals surface area (Å²) in [6.07, 6.45) is -0.866. The van der Waals surface area contributed by atoms with Gasteiger partial charge in [0.05, 0.1) is 6.61 Å². The monoisotopic (exact) mass is 204 g/mol. The third-order valence-corrected chi connectivity index (χ3v) is 1.51. The molecule has 0 rings (SSSR count). The molecule has 0 aliphatic carbocycles. The number of hydrogen-bond donors (Lipinski definition) is 4. The molecule has 0 radical (unpaired) electrons. The van der Waals surface area contributed by atoms with Gasteiger partial charge in [-0.1, -0.05) is 0 Å². The average molecular weight is 204 g/mol. The van der Waals surface area contributed by atoms with Crippen molar-refractivity contribution in [3.63, 3.8) is 0 Å². The van der Waals surface area contributed by atoms with Crippen molar-refractivity contribution in [2.75, 3.05) is 13.2 Å². The van der Waals surface area contributed by atoms with Crippen molar-refractivity contribution < 1.29 is 19.7 Å². The van der Waals surface area contributed by atoms with Crippen molar-refractivity contribution in [2.45, 2.75) is 19.1 Å². The molecule has 0 bridgehead atoms. The first-order chi connectivity index (χ1) is 6.52. The number of aliphatic hydroxyl groups is 2. The van der Waals surface area contributed by atoms with Gasteiger partial charge in [-0.2, -0.15) is 0 Å². The lowest BCUT2D eigenvalue weighted by molar-refractivity contribution is -0.150. The first-order valence-electron chi connectivity index (χ1n) is 4.14. The molecule has 0 heterocycles. The van der Waals surface area contributed by atoms with Crippen LogP contribution in [0.25, 0.3) is 0 Å². The molecule has 0 fully saturated rings. The predicted molar refractivity (Wildman–Crippen MR) is 50.0 cm³/mol. The van der Waals surface area contributed by atoms with Crippen LogP contribution in [-0.2, 0) is 9.53 Å². The van der Waals surface area contributed by atoms with Gasteiger partial charge in [0.2, 0.25) is 0 Å². The molecule has 0 aromatic rings. The largest absolute Gasteiger partial charge is 0.453 e. The molecule has 0 amide bonds. The molecule has 0 saturated heterocycles. The van der Waals surface area contributed by atoms with Crippen LogP contribution in [0.15, 0.2) is 11.8 Å². The number of nitrogens with two attached hydrogens (primary N) is 2. The zero-order valence-electron chi connectivity index (χ0n) is 8.01. The smallest absolute Gasteiger partial charge is 0.303 e. The van der Waals surface area contributed by atoms with Gasteiger partial charge in [0.15, 0.2) is 6.10 Å². The quantitative estimate of drug-likeness (QED) is 0.387. The van der Waals surface area contributed by atoms with E-state index in [2.05, 4.69) is 0 Å². The number of hydrogen-bond acceptors (Lipinski definition) is 6. The summed E-state index contributed by atoms with van der Waals surface area (Å²) in [5, 5.41) is 18.0. The average Bonchev–Trinajstić information content (AvgIpc) is 2.13. The van der Waals surface area contributed by atoms with Gasteiger partial charge in [0, 0.05) is 19.2 Å². The standard InChI is InChI=1S/C8H16N2O4/c1-5(12)14-8(7(13)4-11)6(10)2-3-9/h2,7-8,11,13H,3-4,9-10H2,1H3/b6-2-. The van der Waals surface area contributed by atoms with E-state index in [1.54, 1.807) is 0 Å². The van der Waals surface area contributed by atoms with E-state index >= 15 is 0 Å². The van der Waals surface area contributed by atoms with Crippen molar-refractivity contribution in [3.8, 4) is 0 Å². The molecule has 0 aliphatic rings. The van der Waals surface area contributed by atoms with E-state index < -0.39 is 24.8 Å². The molecule has 2 atom stereocenters. The molecule has 6 heteroatoms. The van der Waals surface area contributed by atoms with E-state index in [1.165, 1.54) is 13.0 Å². The molecule has 2 unspecified atom stereocenters. The summed E-state index contributed by atoms with van der Waals surface area (Å²) in [6, 6.07) is 0. The fourth-order valence-corrected chi connectivity index (χ4v) is 0.896. The second-order valence-electron chi connectivity index (χ2n) is 2.72. The van der Waals surface area contributed by atoms with Crippen LogP contribution >= 0.6 is 0 Å². The summed E-state index contributed by atoms with van der Waals surface area (Å²) >= 11 is 0. The SMILES string of the molecule is CC(=O)OC(/C(N)=C/CN)C(O)CO. The Bertz CT molecular complexity index is 217. The Balaban J connectivity index is 4.53. The van der Waals surface area contributed by atoms with Crippen molar-refractivity contribution in [1.29, 1.82) is 0 Å². The highest BCUT2D eigenvalue weighted by molar-refractivity contribution is 5.66. The van der Waals surface area contributed by atoms with Crippen molar-refractivity contribution in [3.05, 3.63) is 11.8 Å². The number of carbonyl (C=O) groups is 1. The Hall–Kier alpha value is -1.11. The van der Waals surface area contributed by atoms with E-state index in [0.717, 1.165) is 0 Å². The molecule has 0 aromatic heterocycles. The third-order valence-electron chi connectivity index (χ3n) is 1.51. The van der Waals surface area contributed by atoms with Crippen molar-refractivity contribution in [1.82, 2.24) is 0 Å². The fraction of sp³-hybridized carbons (Fsp3) is 0.625. The molecule has 0 spiro atoms. The van der Waals surface area contributed by atoms with Crippen molar-refractivity contribution >= 4 is 5.97 Å². The Labute approximate surface area is 82.1 Å². The highest BCUT2D eigenvalue weighted by Crippen LogP contribution is 2.06. The van der Waals surface area contributed by atoms with Gasteiger partial charge in [0.1, 0.15) is 6.10 Å². The van der Waals surface area contributed by atoms with Crippen LogP contribution < -0.4 is 11.5 Å². The lowest BCUT2D eigenvalue weighted by Crippen LogP contribution is -2.38. The Morgan fingerprint density at radius 3 is 2.57 bits per heavy atom. The third kappa shape index (κ3) is 4.22. The minimum absolute atomic E-state index is 0.129. The van der Waals surface area contributed by atoms with Crippen molar-refractivity contribution in [2.24, 2.45) is 11.5 Å². The van der Waals surface area contributed by atoms with Crippen LogP contribution in [0.1, 0.15) is 6.92 Å². The molecular formula is C8H16N2O4. The second-order valence-corrected chi connectivity index (χ2v) is 2.72. The Kier molecular flexibility index (Phi) is 5.86. The fourth-order valence-electron chi connectivity index (χ4n) is 0.896. The Morgan fingerprint density at radius 2 is 2.21 bits per heavy atom. The summed E-state index contributed by atoms with van der Waals surface area (Å²) < 4.78 is 4.72. The highest BCUT2D eigenvalue weighted by atomic mass is 16.6. The van der Waals surface area contributed by atoms with E-state index in [4.69, 9.17) is 21.3 Å². The van der Waals surface area contributed by atoms with Gasteiger partial charge in [-0.25, -0.2) is 0 Å². The zero-order chi connectivity index (χ0) is 11.1. The van der Waals surface area contributed by atoms with Crippen LogP contribution in [-0.4, -0.2) is 41.5 Å². The summed E-state index contributed by atoms with van der Waals surface area (Å²) in [5.41, 5.74) is 10.8. The first-order valence-corrected chi connectivity index (χ1v) is 4.14. The molecular weight excluding hydrogens is 188 g/mol. The van der Waals surface area contributed by atoms with E-state index in [-0.39, 0.29) is 12.2 Å². The summed E-state index contributed by atoms with van der Waals surface area (Å²) in [6.45, 7) is 0.811. The number of aliphatic hydroxyl groups excluding tert-OH is 2. The first kappa shape index (κ1) is 12.9. The van der Waals surface area contributed by atoms with Gasteiger partial charge < -0.3 is 26.4 Å². The number of esters is 1. The van der Waals surface area contributed by atoms with Crippen LogP contribution in [0.5, 0.6) is 0 Å². The maximum Gasteiger partial charge on any atom is 0.303 e. The second kappa shape index (κ2) is 6.36. The Morgan fingerprint density at radius 1 is 1.64 bits per heavy atom. The maximum atomic E-state index is 10.7. The van der Waals surface area contributed by atoms with Gasteiger partial charge >= 0.3 is 5.97 Å².